The first-order chi connectivity index (χ1) is 8.52. The Hall–Kier alpha value is -1.10. The maximum absolute atomic E-state index is 12.2. The Morgan fingerprint density at radius 3 is 2.44 bits per heavy atom. The molecule has 2 rings (SSSR count). The van der Waals surface area contributed by atoms with Crippen LogP contribution in [-0.2, 0) is 9.59 Å². The lowest BCUT2D eigenvalue weighted by Crippen LogP contribution is -2.54. The van der Waals surface area contributed by atoms with E-state index in [4.69, 9.17) is 5.11 Å². The molecular weight excluding hydrogens is 232 g/mol. The number of aliphatic carboxylic acids is 1. The van der Waals surface area contributed by atoms with Gasteiger partial charge in [-0.25, -0.2) is 0 Å². The molecule has 102 valence electrons. The Bertz CT molecular complexity index is 333. The Kier molecular flexibility index (Phi) is 3.90. The van der Waals surface area contributed by atoms with E-state index < -0.39 is 11.5 Å². The van der Waals surface area contributed by atoms with Crippen LogP contribution in [0.5, 0.6) is 0 Å². The van der Waals surface area contributed by atoms with Crippen molar-refractivity contribution in [2.24, 2.45) is 11.8 Å². The molecule has 1 atom stereocenters. The number of rotatable bonds is 5. The summed E-state index contributed by atoms with van der Waals surface area (Å²) in [5.74, 6) is -0.439. The summed E-state index contributed by atoms with van der Waals surface area (Å²) in [5, 5.41) is 15.2. The first-order valence-corrected chi connectivity index (χ1v) is 6.77. The molecule has 3 N–H and O–H groups in total. The third kappa shape index (κ3) is 2.83. The molecule has 1 heterocycles. The molecule has 1 aliphatic heterocycles. The topological polar surface area (TPSA) is 78.4 Å². The lowest BCUT2D eigenvalue weighted by Gasteiger charge is -2.35. The summed E-state index contributed by atoms with van der Waals surface area (Å²) in [4.78, 5) is 23.1. The predicted octanol–water partition coefficient (Wildman–Crippen LogP) is 0.746. The molecule has 0 aromatic heterocycles. The SMILES string of the molecule is CC(C(=O)NC1(CC(=O)O)CCCC1)C1CNC1. The summed E-state index contributed by atoms with van der Waals surface area (Å²) >= 11 is 0. The first kappa shape index (κ1) is 13.3. The molecule has 5 nitrogen and oxygen atoms in total. The standard InChI is InChI=1S/C13H22N2O3/c1-9(10-7-14-8-10)12(18)15-13(6-11(16)17)4-2-3-5-13/h9-10,14H,2-8H2,1H3,(H,15,18)(H,16,17). The minimum absolute atomic E-state index is 0.0182. The first-order valence-electron chi connectivity index (χ1n) is 6.77. The number of carbonyl (C=O) groups excluding carboxylic acids is 1. The Balaban J connectivity index is 1.95. The minimum atomic E-state index is -0.824. The van der Waals surface area contributed by atoms with Gasteiger partial charge in [-0.1, -0.05) is 19.8 Å². The average Bonchev–Trinajstić information content (AvgIpc) is 2.62. The van der Waals surface area contributed by atoms with Crippen LogP contribution in [0.4, 0.5) is 0 Å². The van der Waals surface area contributed by atoms with Crippen molar-refractivity contribution in [3.8, 4) is 0 Å². The predicted molar refractivity (Wildman–Crippen MR) is 67.1 cm³/mol. The van der Waals surface area contributed by atoms with Crippen molar-refractivity contribution in [2.45, 2.75) is 44.6 Å². The minimum Gasteiger partial charge on any atom is -0.481 e. The zero-order valence-corrected chi connectivity index (χ0v) is 10.9. The van der Waals surface area contributed by atoms with E-state index in [1.54, 1.807) is 0 Å². The monoisotopic (exact) mass is 254 g/mol. The quantitative estimate of drug-likeness (QED) is 0.676. The largest absolute Gasteiger partial charge is 0.481 e. The van der Waals surface area contributed by atoms with Gasteiger partial charge in [-0.15, -0.1) is 0 Å². The van der Waals surface area contributed by atoms with Gasteiger partial charge in [-0.3, -0.25) is 9.59 Å². The summed E-state index contributed by atoms with van der Waals surface area (Å²) in [6.07, 6.45) is 3.65. The molecule has 2 aliphatic rings. The van der Waals surface area contributed by atoms with Crippen molar-refractivity contribution in [1.29, 1.82) is 0 Å². The Labute approximate surface area is 107 Å². The number of hydrogen-bond donors (Lipinski definition) is 3. The molecule has 1 saturated carbocycles. The van der Waals surface area contributed by atoms with Gasteiger partial charge in [-0.2, -0.15) is 0 Å². The van der Waals surface area contributed by atoms with Crippen LogP contribution < -0.4 is 10.6 Å². The second-order valence-electron chi connectivity index (χ2n) is 5.75. The number of carbonyl (C=O) groups is 2. The maximum Gasteiger partial charge on any atom is 0.305 e. The van der Waals surface area contributed by atoms with Gasteiger partial charge >= 0.3 is 5.97 Å². The van der Waals surface area contributed by atoms with E-state index >= 15 is 0 Å². The van der Waals surface area contributed by atoms with E-state index in [1.807, 2.05) is 6.92 Å². The normalized spacial score (nSPS) is 24.3. The lowest BCUT2D eigenvalue weighted by molar-refractivity contribution is -0.139. The number of carboxylic acid groups (broad SMARTS) is 1. The third-order valence-electron chi connectivity index (χ3n) is 4.37. The second-order valence-corrected chi connectivity index (χ2v) is 5.75. The molecular formula is C13H22N2O3. The molecule has 0 aromatic carbocycles. The van der Waals surface area contributed by atoms with Crippen molar-refractivity contribution in [1.82, 2.24) is 10.6 Å². The molecule has 1 saturated heterocycles. The molecule has 0 aromatic rings. The fraction of sp³-hybridized carbons (Fsp3) is 0.846. The zero-order valence-electron chi connectivity index (χ0n) is 10.9. The van der Waals surface area contributed by atoms with E-state index in [0.29, 0.717) is 5.92 Å². The Morgan fingerprint density at radius 2 is 2.00 bits per heavy atom. The second kappa shape index (κ2) is 5.26. The van der Waals surface area contributed by atoms with E-state index in [-0.39, 0.29) is 18.2 Å². The molecule has 1 amide bonds. The number of amides is 1. The fourth-order valence-electron chi connectivity index (χ4n) is 2.94. The molecule has 18 heavy (non-hydrogen) atoms. The number of carboxylic acids is 1. The van der Waals surface area contributed by atoms with Crippen LogP contribution in [0.2, 0.25) is 0 Å². The average molecular weight is 254 g/mol. The van der Waals surface area contributed by atoms with Gasteiger partial charge in [0.2, 0.25) is 5.91 Å². The smallest absolute Gasteiger partial charge is 0.305 e. The Morgan fingerprint density at radius 1 is 1.39 bits per heavy atom. The van der Waals surface area contributed by atoms with E-state index in [0.717, 1.165) is 38.8 Å². The van der Waals surface area contributed by atoms with Gasteiger partial charge in [0.15, 0.2) is 0 Å². The lowest BCUT2D eigenvalue weighted by atomic mass is 9.86. The zero-order chi connectivity index (χ0) is 13.2. The van der Waals surface area contributed by atoms with Crippen molar-refractivity contribution in [3.63, 3.8) is 0 Å². The van der Waals surface area contributed by atoms with Crippen LogP contribution in [0.3, 0.4) is 0 Å². The molecule has 5 heteroatoms. The van der Waals surface area contributed by atoms with Gasteiger partial charge in [0.1, 0.15) is 0 Å². The summed E-state index contributed by atoms with van der Waals surface area (Å²) in [6.45, 7) is 3.71. The highest BCUT2D eigenvalue weighted by molar-refractivity contribution is 5.80. The van der Waals surface area contributed by atoms with Crippen LogP contribution in [0.15, 0.2) is 0 Å². The molecule has 0 bridgehead atoms. The van der Waals surface area contributed by atoms with Crippen LogP contribution in [-0.4, -0.2) is 35.6 Å². The van der Waals surface area contributed by atoms with E-state index in [2.05, 4.69) is 10.6 Å². The molecule has 2 fully saturated rings. The highest BCUT2D eigenvalue weighted by Gasteiger charge is 2.39. The van der Waals surface area contributed by atoms with E-state index in [1.165, 1.54) is 0 Å². The van der Waals surface area contributed by atoms with Crippen LogP contribution in [0.25, 0.3) is 0 Å². The fourth-order valence-corrected chi connectivity index (χ4v) is 2.94. The third-order valence-corrected chi connectivity index (χ3v) is 4.37. The maximum atomic E-state index is 12.2. The summed E-state index contributed by atoms with van der Waals surface area (Å²) in [6, 6.07) is 0. The van der Waals surface area contributed by atoms with Crippen molar-refractivity contribution in [2.75, 3.05) is 13.1 Å². The van der Waals surface area contributed by atoms with Crippen LogP contribution in [0.1, 0.15) is 39.0 Å². The van der Waals surface area contributed by atoms with Crippen LogP contribution >= 0.6 is 0 Å². The molecule has 1 unspecified atom stereocenters. The molecule has 1 aliphatic carbocycles. The summed E-state index contributed by atoms with van der Waals surface area (Å²) in [5.41, 5.74) is -0.492. The number of nitrogens with one attached hydrogen (secondary N) is 2. The van der Waals surface area contributed by atoms with Gasteiger partial charge in [-0.05, 0) is 31.8 Å². The highest BCUT2D eigenvalue weighted by atomic mass is 16.4. The van der Waals surface area contributed by atoms with Gasteiger partial charge in [0.05, 0.1) is 12.0 Å². The van der Waals surface area contributed by atoms with Gasteiger partial charge in [0.25, 0.3) is 0 Å². The van der Waals surface area contributed by atoms with E-state index in [9.17, 15) is 9.59 Å². The van der Waals surface area contributed by atoms with Crippen molar-refractivity contribution >= 4 is 11.9 Å². The van der Waals surface area contributed by atoms with Crippen molar-refractivity contribution in [3.05, 3.63) is 0 Å². The molecule has 0 radical (unpaired) electrons. The van der Waals surface area contributed by atoms with Gasteiger partial charge < -0.3 is 15.7 Å². The number of hydrogen-bond acceptors (Lipinski definition) is 3. The summed E-state index contributed by atoms with van der Waals surface area (Å²) < 4.78 is 0. The highest BCUT2D eigenvalue weighted by Crippen LogP contribution is 2.33. The van der Waals surface area contributed by atoms with Crippen molar-refractivity contribution < 1.29 is 14.7 Å². The van der Waals surface area contributed by atoms with Crippen LogP contribution in [0, 0.1) is 11.8 Å². The van der Waals surface area contributed by atoms with Gasteiger partial charge in [0, 0.05) is 5.92 Å². The molecule has 0 spiro atoms. The summed E-state index contributed by atoms with van der Waals surface area (Å²) in [7, 11) is 0.